The fraction of sp³-hybridized carbons (Fsp3) is 0.300. The molecule has 148 valence electrons. The summed E-state index contributed by atoms with van der Waals surface area (Å²) in [5.74, 6) is -1.83. The van der Waals surface area contributed by atoms with Gasteiger partial charge in [-0.15, -0.1) is 0 Å². The maximum absolute atomic E-state index is 12.9. The van der Waals surface area contributed by atoms with Crippen LogP contribution in [0.25, 0.3) is 0 Å². The highest BCUT2D eigenvalue weighted by Crippen LogP contribution is 2.32. The van der Waals surface area contributed by atoms with E-state index in [1.54, 1.807) is 12.1 Å². The number of hydrogen-bond donors (Lipinski definition) is 1. The molecule has 5 nitrogen and oxygen atoms in total. The molecule has 0 atom stereocenters. The Kier molecular flexibility index (Phi) is 5.87. The summed E-state index contributed by atoms with van der Waals surface area (Å²) in [6.07, 6.45) is -2.38. The summed E-state index contributed by atoms with van der Waals surface area (Å²) in [5, 5.41) is 2.55. The van der Waals surface area contributed by atoms with Crippen LogP contribution in [0.3, 0.4) is 0 Å². The zero-order chi connectivity index (χ0) is 20.1. The first-order valence-electron chi connectivity index (χ1n) is 8.83. The molecule has 2 aromatic carbocycles. The molecule has 8 heteroatoms. The highest BCUT2D eigenvalue weighted by molar-refractivity contribution is 5.96. The normalized spacial score (nSPS) is 14.0. The molecule has 0 spiro atoms. The van der Waals surface area contributed by atoms with E-state index >= 15 is 0 Å². The summed E-state index contributed by atoms with van der Waals surface area (Å²) >= 11 is 0. The predicted octanol–water partition coefficient (Wildman–Crippen LogP) is 4.10. The van der Waals surface area contributed by atoms with E-state index in [1.165, 1.54) is 12.1 Å². The Morgan fingerprint density at radius 2 is 1.64 bits per heavy atom. The fourth-order valence-corrected chi connectivity index (χ4v) is 3.05. The molecular formula is C20H19F3N2O3. The van der Waals surface area contributed by atoms with Crippen LogP contribution < -0.4 is 10.2 Å². The van der Waals surface area contributed by atoms with Crippen molar-refractivity contribution >= 4 is 23.3 Å². The number of rotatable bonds is 5. The Labute approximate surface area is 160 Å². The molecule has 0 saturated carbocycles. The van der Waals surface area contributed by atoms with Crippen LogP contribution in [-0.2, 0) is 15.7 Å². The van der Waals surface area contributed by atoms with Gasteiger partial charge < -0.3 is 15.0 Å². The van der Waals surface area contributed by atoms with Crippen LogP contribution in [0.5, 0.6) is 0 Å². The molecule has 0 aromatic heterocycles. The van der Waals surface area contributed by atoms with E-state index in [-0.39, 0.29) is 0 Å². The van der Waals surface area contributed by atoms with Gasteiger partial charge in [0, 0.05) is 24.5 Å². The molecular weight excluding hydrogens is 373 g/mol. The van der Waals surface area contributed by atoms with E-state index in [9.17, 15) is 22.8 Å². The number of nitrogens with one attached hydrogen (secondary N) is 1. The van der Waals surface area contributed by atoms with Crippen molar-refractivity contribution in [3.8, 4) is 0 Å². The number of carbonyl (C=O) groups is 2. The van der Waals surface area contributed by atoms with Crippen LogP contribution >= 0.6 is 0 Å². The minimum Gasteiger partial charge on any atom is -0.452 e. The van der Waals surface area contributed by atoms with E-state index in [4.69, 9.17) is 4.74 Å². The van der Waals surface area contributed by atoms with Crippen molar-refractivity contribution in [2.75, 3.05) is 29.9 Å². The fourth-order valence-electron chi connectivity index (χ4n) is 3.05. The van der Waals surface area contributed by atoms with E-state index in [1.807, 2.05) is 12.1 Å². The number of ether oxygens (including phenoxy) is 1. The molecule has 0 unspecified atom stereocenters. The minimum absolute atomic E-state index is 0.514. The number of hydrogen-bond acceptors (Lipinski definition) is 4. The van der Waals surface area contributed by atoms with Gasteiger partial charge in [-0.25, -0.2) is 4.79 Å². The third kappa shape index (κ3) is 4.82. The van der Waals surface area contributed by atoms with Crippen molar-refractivity contribution in [2.24, 2.45) is 0 Å². The topological polar surface area (TPSA) is 58.6 Å². The summed E-state index contributed by atoms with van der Waals surface area (Å²) in [7, 11) is 0. The Morgan fingerprint density at radius 3 is 2.29 bits per heavy atom. The summed E-state index contributed by atoms with van der Waals surface area (Å²) in [6, 6.07) is 11.5. The summed E-state index contributed by atoms with van der Waals surface area (Å²) in [4.78, 5) is 26.1. The monoisotopic (exact) mass is 392 g/mol. The van der Waals surface area contributed by atoms with E-state index in [0.29, 0.717) is 5.69 Å². The van der Waals surface area contributed by atoms with E-state index in [0.717, 1.165) is 43.8 Å². The maximum Gasteiger partial charge on any atom is 0.417 e. The van der Waals surface area contributed by atoms with Gasteiger partial charge in [-0.05, 0) is 49.2 Å². The van der Waals surface area contributed by atoms with Gasteiger partial charge >= 0.3 is 12.1 Å². The molecule has 28 heavy (non-hydrogen) atoms. The van der Waals surface area contributed by atoms with Gasteiger partial charge in [-0.2, -0.15) is 13.2 Å². The first-order valence-corrected chi connectivity index (χ1v) is 8.83. The van der Waals surface area contributed by atoms with Gasteiger partial charge in [-0.1, -0.05) is 12.1 Å². The van der Waals surface area contributed by atoms with Gasteiger partial charge in [0.25, 0.3) is 5.91 Å². The van der Waals surface area contributed by atoms with E-state index in [2.05, 4.69) is 10.2 Å². The zero-order valence-corrected chi connectivity index (χ0v) is 15.0. The maximum atomic E-state index is 12.9. The van der Waals surface area contributed by atoms with Crippen LogP contribution in [0.1, 0.15) is 28.8 Å². The SMILES string of the molecule is O=C(COC(=O)c1ccccc1C(F)(F)F)Nc1ccc(N2CCCC2)cc1. The Balaban J connectivity index is 1.55. The van der Waals surface area contributed by atoms with Crippen LogP contribution in [0.15, 0.2) is 48.5 Å². The van der Waals surface area contributed by atoms with Gasteiger partial charge in [0.2, 0.25) is 0 Å². The van der Waals surface area contributed by atoms with Crippen molar-refractivity contribution < 1.29 is 27.5 Å². The molecule has 1 aliphatic rings. The number of carbonyl (C=O) groups excluding carboxylic acids is 2. The lowest BCUT2D eigenvalue weighted by Gasteiger charge is -2.17. The number of benzene rings is 2. The average Bonchev–Trinajstić information content (AvgIpc) is 3.21. The zero-order valence-electron chi connectivity index (χ0n) is 15.0. The van der Waals surface area contributed by atoms with Crippen LogP contribution in [-0.4, -0.2) is 31.6 Å². The van der Waals surface area contributed by atoms with Gasteiger partial charge in [-0.3, -0.25) is 4.79 Å². The van der Waals surface area contributed by atoms with Crippen molar-refractivity contribution in [3.05, 3.63) is 59.7 Å². The summed E-state index contributed by atoms with van der Waals surface area (Å²) < 4.78 is 43.6. The molecule has 1 aliphatic heterocycles. The quantitative estimate of drug-likeness (QED) is 0.779. The predicted molar refractivity (Wildman–Crippen MR) is 98.2 cm³/mol. The molecule has 0 aliphatic carbocycles. The van der Waals surface area contributed by atoms with Crippen LogP contribution in [0.4, 0.5) is 24.5 Å². The first kappa shape index (κ1) is 19.7. The van der Waals surface area contributed by atoms with Gasteiger partial charge in [0.1, 0.15) is 0 Å². The molecule has 1 amide bonds. The molecule has 2 aromatic rings. The molecule has 1 N–H and O–H groups in total. The van der Waals surface area contributed by atoms with Crippen molar-refractivity contribution in [1.29, 1.82) is 0 Å². The number of amides is 1. The third-order valence-electron chi connectivity index (χ3n) is 4.41. The average molecular weight is 392 g/mol. The number of nitrogens with zero attached hydrogens (tertiary/aromatic N) is 1. The minimum atomic E-state index is -4.69. The van der Waals surface area contributed by atoms with Gasteiger partial charge in [0.05, 0.1) is 11.1 Å². The second-order valence-corrected chi connectivity index (χ2v) is 6.41. The molecule has 1 fully saturated rings. The lowest BCUT2D eigenvalue weighted by atomic mass is 10.1. The lowest BCUT2D eigenvalue weighted by molar-refractivity contribution is -0.138. The second-order valence-electron chi connectivity index (χ2n) is 6.41. The Morgan fingerprint density at radius 1 is 1.00 bits per heavy atom. The lowest BCUT2D eigenvalue weighted by Crippen LogP contribution is -2.22. The third-order valence-corrected chi connectivity index (χ3v) is 4.41. The van der Waals surface area contributed by atoms with Gasteiger partial charge in [0.15, 0.2) is 6.61 Å². The number of esters is 1. The molecule has 0 radical (unpaired) electrons. The molecule has 3 rings (SSSR count). The van der Waals surface area contributed by atoms with E-state index < -0.39 is 35.8 Å². The second kappa shape index (κ2) is 8.33. The number of anilines is 2. The van der Waals surface area contributed by atoms with Crippen LogP contribution in [0, 0.1) is 0 Å². The molecule has 0 bridgehead atoms. The number of halogens is 3. The highest BCUT2D eigenvalue weighted by Gasteiger charge is 2.35. The standard InChI is InChI=1S/C20H19F3N2O3/c21-20(22,23)17-6-2-1-5-16(17)19(27)28-13-18(26)24-14-7-9-15(10-8-14)25-11-3-4-12-25/h1-2,5-10H,3-4,11-13H2,(H,24,26). The smallest absolute Gasteiger partial charge is 0.417 e. The summed E-state index contributed by atoms with van der Waals surface area (Å²) in [6.45, 7) is 1.32. The first-order chi connectivity index (χ1) is 13.3. The van der Waals surface area contributed by atoms with Crippen molar-refractivity contribution in [3.63, 3.8) is 0 Å². The molecule has 1 heterocycles. The van der Waals surface area contributed by atoms with Crippen molar-refractivity contribution in [1.82, 2.24) is 0 Å². The summed E-state index contributed by atoms with van der Waals surface area (Å²) in [5.41, 5.74) is -0.152. The largest absolute Gasteiger partial charge is 0.452 e. The number of alkyl halides is 3. The Hall–Kier alpha value is -3.03. The highest BCUT2D eigenvalue weighted by atomic mass is 19.4. The molecule has 1 saturated heterocycles. The Bertz CT molecular complexity index is 845. The van der Waals surface area contributed by atoms with Crippen LogP contribution in [0.2, 0.25) is 0 Å². The van der Waals surface area contributed by atoms with Crippen molar-refractivity contribution in [2.45, 2.75) is 19.0 Å².